The van der Waals surface area contributed by atoms with E-state index < -0.39 is 0 Å². The number of nitrogens with zero attached hydrogens (tertiary/aromatic N) is 1. The summed E-state index contributed by atoms with van der Waals surface area (Å²) < 4.78 is 0. The van der Waals surface area contributed by atoms with Gasteiger partial charge in [-0.1, -0.05) is 263 Å². The zero-order valence-electron chi connectivity index (χ0n) is 43.1. The molecule has 0 fully saturated rings. The summed E-state index contributed by atoms with van der Waals surface area (Å²) in [5.41, 5.74) is 4.64. The first-order valence-corrected chi connectivity index (χ1v) is 24.8. The van der Waals surface area contributed by atoms with Crippen LogP contribution >= 0.6 is 0 Å². The summed E-state index contributed by atoms with van der Waals surface area (Å²) >= 11 is 0. The molecule has 10 heteroatoms. The minimum absolute atomic E-state index is 0. The second kappa shape index (κ2) is 36.6. The number of Topliss-reactive ketones (excluding diaryl/α,β-unsaturated/α-hetero) is 8. The Balaban J connectivity index is 0.000000255. The van der Waals surface area contributed by atoms with Crippen LogP contribution in [0.3, 0.4) is 0 Å². The van der Waals surface area contributed by atoms with Gasteiger partial charge in [0.1, 0.15) is 0 Å². The smallest absolute Gasteiger partial charge is 0.304 e. The Morgan fingerprint density at radius 2 is 0.329 bits per heavy atom. The summed E-state index contributed by atoms with van der Waals surface area (Å²) in [5, 5.41) is 0. The van der Waals surface area contributed by atoms with Gasteiger partial charge in [0.25, 0.3) is 0 Å². The molecule has 0 saturated heterocycles. The van der Waals surface area contributed by atoms with Crippen LogP contribution in [0.4, 0.5) is 0 Å². The molecule has 8 rings (SSSR count). The number of carbonyl (C=O) groups excluding carboxylic acids is 8. The summed E-state index contributed by atoms with van der Waals surface area (Å²) in [6, 6.07) is 71.0. The molecule has 0 aliphatic rings. The van der Waals surface area contributed by atoms with E-state index in [0.29, 0.717) is 44.5 Å². The topological polar surface area (TPSA) is 140 Å². The van der Waals surface area contributed by atoms with E-state index in [1.165, 1.54) is 19.6 Å². The van der Waals surface area contributed by atoms with E-state index in [0.717, 1.165) is 0 Å². The van der Waals surface area contributed by atoms with E-state index in [-0.39, 0.29) is 121 Å². The fraction of sp³-hybridized carbons (Fsp3) is 0.152. The van der Waals surface area contributed by atoms with Crippen molar-refractivity contribution in [2.24, 2.45) is 0 Å². The van der Waals surface area contributed by atoms with Gasteiger partial charge in [-0.3, -0.25) is 38.4 Å². The van der Waals surface area contributed by atoms with Gasteiger partial charge < -0.3 is 4.90 Å². The van der Waals surface area contributed by atoms with Crippen molar-refractivity contribution in [1.82, 2.24) is 4.90 Å². The molecular weight excluding hydrogens is 1090 g/mol. The van der Waals surface area contributed by atoms with Crippen LogP contribution in [0.15, 0.2) is 243 Å². The molecule has 0 aliphatic heterocycles. The van der Waals surface area contributed by atoms with Crippen LogP contribution in [0.2, 0.25) is 0 Å². The molecule has 0 unspecified atom stereocenters. The zero-order valence-corrected chi connectivity index (χ0v) is 45.6. The first kappa shape index (κ1) is 63.0. The molecule has 8 aromatic rings. The molecule has 0 aliphatic carbocycles. The van der Waals surface area contributed by atoms with Crippen molar-refractivity contribution in [1.29, 1.82) is 0 Å². The number of ketones is 8. The molecule has 76 heavy (non-hydrogen) atoms. The first-order valence-electron chi connectivity index (χ1n) is 24.8. The van der Waals surface area contributed by atoms with Crippen molar-refractivity contribution in [2.45, 2.75) is 46.5 Å². The summed E-state index contributed by atoms with van der Waals surface area (Å²) in [5.74, 6) is -1.12. The molecule has 0 saturated carbocycles. The van der Waals surface area contributed by atoms with Crippen molar-refractivity contribution in [3.8, 4) is 0 Å². The Hall–Kier alpha value is -7.34. The Bertz CT molecular complexity index is 2380. The molecule has 0 atom stereocenters. The second-order valence-electron chi connectivity index (χ2n) is 16.6. The largest absolute Gasteiger partial charge is 3.00 e. The van der Waals surface area contributed by atoms with Gasteiger partial charge in [0, 0.05) is 44.5 Å². The fourth-order valence-electron chi connectivity index (χ4n) is 7.06. The van der Waals surface area contributed by atoms with Gasteiger partial charge >= 0.3 is 49.4 Å². The van der Waals surface area contributed by atoms with Gasteiger partial charge in [-0.25, -0.2) is 0 Å². The van der Waals surface area contributed by atoms with Crippen LogP contribution in [0.1, 0.15) is 129 Å². The Morgan fingerprint density at radius 1 is 0.224 bits per heavy atom. The van der Waals surface area contributed by atoms with Gasteiger partial charge in [0.05, 0.1) is 25.7 Å². The van der Waals surface area contributed by atoms with Crippen LogP contribution in [0.5, 0.6) is 0 Å². The van der Waals surface area contributed by atoms with Crippen molar-refractivity contribution in [3.05, 3.63) is 287 Å². The average Bonchev–Trinajstić information content (AvgIpc) is 3.48. The predicted octanol–water partition coefficient (Wildman–Crippen LogP) is 13.9. The number of hydrogen-bond donors (Lipinski definition) is 0. The molecule has 384 valence electrons. The van der Waals surface area contributed by atoms with Crippen molar-refractivity contribution in [3.63, 3.8) is 0 Å². The monoisotopic (exact) mass is 1150 g/mol. The maximum Gasteiger partial charge on any atom is 3.00 e. The van der Waals surface area contributed by atoms with Crippen LogP contribution in [0.25, 0.3) is 0 Å². The number of hydrogen-bond acceptors (Lipinski definition) is 9. The van der Waals surface area contributed by atoms with E-state index in [1.807, 2.05) is 48.5 Å². The maximum atomic E-state index is 11.8. The molecule has 0 radical (unpaired) electrons. The molecule has 0 aromatic heterocycles. The Labute approximate surface area is 488 Å². The van der Waals surface area contributed by atoms with Gasteiger partial charge in [-0.2, -0.15) is 0 Å². The molecular formula is C66H63EuNO8+3. The zero-order chi connectivity index (χ0) is 54.0. The molecule has 8 aromatic carbocycles. The van der Waals surface area contributed by atoms with E-state index in [9.17, 15) is 38.4 Å². The standard InChI is InChI=1S/4C15H12O2.C6H15N.Eu/c4*16-14(12-7-3-1-4-8-12)11-15(17)13-9-5-2-6-10-13;1-4-7(5-2)6-3;/h4*1-10H,11H2;4-6H2,1-3H3;/q;;;;;+3. The first-order chi connectivity index (χ1) is 36.4. The SMILES string of the molecule is CCN(CC)CC.O=C(CC(=O)c1ccccc1)c1ccccc1.O=C(CC(=O)c1ccccc1)c1ccccc1.O=C(CC(=O)c1ccccc1)c1ccccc1.O=C(CC(=O)c1ccccc1)c1ccccc1.[Eu+3]. The molecule has 0 bridgehead atoms. The summed E-state index contributed by atoms with van der Waals surface area (Å²) in [6.45, 7) is 10.1. The van der Waals surface area contributed by atoms with Gasteiger partial charge in [0.2, 0.25) is 0 Å². The maximum absolute atomic E-state index is 11.8. The third-order valence-electron chi connectivity index (χ3n) is 11.4. The second-order valence-corrected chi connectivity index (χ2v) is 16.6. The van der Waals surface area contributed by atoms with Crippen molar-refractivity contribution >= 4 is 46.3 Å². The van der Waals surface area contributed by atoms with E-state index in [4.69, 9.17) is 0 Å². The quantitative estimate of drug-likeness (QED) is 0.0572. The molecule has 0 heterocycles. The van der Waals surface area contributed by atoms with Gasteiger partial charge in [-0.15, -0.1) is 0 Å². The molecule has 0 amide bonds. The minimum Gasteiger partial charge on any atom is -0.304 e. The summed E-state index contributed by atoms with van der Waals surface area (Å²) in [7, 11) is 0. The average molecular weight is 1150 g/mol. The minimum atomic E-state index is -0.139. The normalized spacial score (nSPS) is 9.79. The number of carbonyl (C=O) groups is 8. The molecule has 9 nitrogen and oxygen atoms in total. The van der Waals surface area contributed by atoms with Gasteiger partial charge in [0.15, 0.2) is 46.3 Å². The van der Waals surface area contributed by atoms with E-state index in [1.54, 1.807) is 194 Å². The van der Waals surface area contributed by atoms with Crippen LogP contribution < -0.4 is 0 Å². The number of rotatable bonds is 19. The van der Waals surface area contributed by atoms with E-state index >= 15 is 0 Å². The third-order valence-corrected chi connectivity index (χ3v) is 11.4. The fourth-order valence-corrected chi connectivity index (χ4v) is 7.06. The Morgan fingerprint density at radius 3 is 0.408 bits per heavy atom. The van der Waals surface area contributed by atoms with Gasteiger partial charge in [-0.05, 0) is 19.6 Å². The Kier molecular flexibility index (Phi) is 30.3. The van der Waals surface area contributed by atoms with E-state index in [2.05, 4.69) is 25.7 Å². The number of benzene rings is 8. The predicted molar refractivity (Wildman–Crippen MR) is 298 cm³/mol. The van der Waals surface area contributed by atoms with Crippen LogP contribution in [-0.4, -0.2) is 70.8 Å². The molecule has 0 spiro atoms. The van der Waals surface area contributed by atoms with Crippen LogP contribution in [-0.2, 0) is 0 Å². The third kappa shape index (κ3) is 23.5. The van der Waals surface area contributed by atoms with Crippen molar-refractivity contribution < 1.29 is 87.7 Å². The summed E-state index contributed by atoms with van der Waals surface area (Å²) in [4.78, 5) is 96.8. The summed E-state index contributed by atoms with van der Waals surface area (Å²) in [6.07, 6.45) is -0.301. The van der Waals surface area contributed by atoms with Crippen molar-refractivity contribution in [2.75, 3.05) is 19.6 Å². The molecule has 0 N–H and O–H groups in total. The van der Waals surface area contributed by atoms with Crippen LogP contribution in [0, 0.1) is 49.4 Å².